The van der Waals surface area contributed by atoms with Gasteiger partial charge in [0.15, 0.2) is 0 Å². The molecule has 0 aliphatic heterocycles. The topological polar surface area (TPSA) is 58.2 Å². The Labute approximate surface area is 182 Å². The molecule has 32 heavy (non-hydrogen) atoms. The Balaban J connectivity index is 1.49. The Morgan fingerprint density at radius 3 is 2.16 bits per heavy atom. The van der Waals surface area contributed by atoms with Gasteiger partial charge in [0.05, 0.1) is 12.1 Å². The summed E-state index contributed by atoms with van der Waals surface area (Å²) in [6.45, 7) is 0.115. The van der Waals surface area contributed by atoms with Crippen molar-refractivity contribution in [2.24, 2.45) is 0 Å². The van der Waals surface area contributed by atoms with Crippen LogP contribution < -0.4 is 10.6 Å². The molecule has 4 nitrogen and oxygen atoms in total. The number of rotatable bonds is 7. The second-order valence-electron chi connectivity index (χ2n) is 7.07. The van der Waals surface area contributed by atoms with Crippen LogP contribution in [0.4, 0.5) is 17.6 Å². The lowest BCUT2D eigenvalue weighted by molar-refractivity contribution is -0.137. The van der Waals surface area contributed by atoms with Crippen molar-refractivity contribution in [1.29, 1.82) is 0 Å². The number of halogens is 4. The van der Waals surface area contributed by atoms with E-state index >= 15 is 0 Å². The lowest BCUT2D eigenvalue weighted by atomic mass is 10.0. The fourth-order valence-electron chi connectivity index (χ4n) is 3.01. The van der Waals surface area contributed by atoms with Gasteiger partial charge in [-0.05, 0) is 59.5 Å². The van der Waals surface area contributed by atoms with E-state index in [1.807, 2.05) is 0 Å². The van der Waals surface area contributed by atoms with Crippen molar-refractivity contribution < 1.29 is 27.2 Å². The lowest BCUT2D eigenvalue weighted by Gasteiger charge is -2.10. The van der Waals surface area contributed by atoms with Crippen LogP contribution >= 0.6 is 0 Å². The fraction of sp³-hybridized carbons (Fsp3) is 0.167. The Bertz CT molecular complexity index is 1080. The molecule has 3 aromatic carbocycles. The molecule has 0 aliphatic rings. The van der Waals surface area contributed by atoms with Gasteiger partial charge in [-0.1, -0.05) is 36.4 Å². The summed E-state index contributed by atoms with van der Waals surface area (Å²) in [6.07, 6.45) is -3.91. The van der Waals surface area contributed by atoms with E-state index < -0.39 is 17.6 Å². The Kier molecular flexibility index (Phi) is 7.25. The molecule has 0 spiro atoms. The van der Waals surface area contributed by atoms with Gasteiger partial charge >= 0.3 is 6.18 Å². The highest BCUT2D eigenvalue weighted by atomic mass is 19.4. The largest absolute Gasteiger partial charge is 0.416 e. The molecule has 0 atom stereocenters. The number of nitrogens with one attached hydrogen (secondary N) is 2. The molecule has 3 rings (SSSR count). The van der Waals surface area contributed by atoms with Crippen LogP contribution in [0.5, 0.6) is 0 Å². The van der Waals surface area contributed by atoms with Gasteiger partial charge in [0.25, 0.3) is 5.91 Å². The molecular weight excluding hydrogens is 424 g/mol. The maximum absolute atomic E-state index is 12.9. The zero-order valence-electron chi connectivity index (χ0n) is 16.9. The highest BCUT2D eigenvalue weighted by Gasteiger charge is 2.30. The number of carbonyl (C=O) groups excluding carboxylic acids is 2. The summed E-state index contributed by atoms with van der Waals surface area (Å²) in [5, 5.41) is 5.16. The van der Waals surface area contributed by atoms with Crippen molar-refractivity contribution in [2.75, 3.05) is 13.1 Å². The number of benzene rings is 3. The van der Waals surface area contributed by atoms with E-state index in [0.29, 0.717) is 24.1 Å². The third-order valence-corrected chi connectivity index (χ3v) is 4.73. The summed E-state index contributed by atoms with van der Waals surface area (Å²) < 4.78 is 51.5. The first-order valence-corrected chi connectivity index (χ1v) is 9.79. The zero-order chi connectivity index (χ0) is 23.1. The second-order valence-corrected chi connectivity index (χ2v) is 7.07. The maximum Gasteiger partial charge on any atom is 0.416 e. The minimum Gasteiger partial charge on any atom is -0.354 e. The summed E-state index contributed by atoms with van der Waals surface area (Å²) in [6, 6.07) is 16.9. The fourth-order valence-corrected chi connectivity index (χ4v) is 3.01. The number of carbonyl (C=O) groups is 2. The Morgan fingerprint density at radius 2 is 1.50 bits per heavy atom. The lowest BCUT2D eigenvalue weighted by Crippen LogP contribution is -2.37. The normalized spacial score (nSPS) is 11.1. The molecule has 2 amide bonds. The van der Waals surface area contributed by atoms with E-state index in [0.717, 1.165) is 17.7 Å². The summed E-state index contributed by atoms with van der Waals surface area (Å²) >= 11 is 0. The average molecular weight is 444 g/mol. The monoisotopic (exact) mass is 444 g/mol. The summed E-state index contributed by atoms with van der Waals surface area (Å²) in [7, 11) is 0. The number of hydrogen-bond acceptors (Lipinski definition) is 2. The highest BCUT2D eigenvalue weighted by molar-refractivity contribution is 5.96. The Hall–Kier alpha value is -3.68. The Morgan fingerprint density at radius 1 is 0.812 bits per heavy atom. The van der Waals surface area contributed by atoms with E-state index in [-0.39, 0.29) is 23.8 Å². The van der Waals surface area contributed by atoms with Crippen molar-refractivity contribution in [2.45, 2.75) is 12.6 Å². The molecule has 0 unspecified atom stereocenters. The molecule has 166 valence electrons. The molecule has 0 aliphatic carbocycles. The van der Waals surface area contributed by atoms with Crippen molar-refractivity contribution >= 4 is 11.8 Å². The van der Waals surface area contributed by atoms with E-state index in [1.165, 1.54) is 30.3 Å². The predicted octanol–water partition coefficient (Wildman–Crippen LogP) is 4.60. The summed E-state index contributed by atoms with van der Waals surface area (Å²) in [5.41, 5.74) is 1.32. The van der Waals surface area contributed by atoms with Crippen LogP contribution in [0.2, 0.25) is 0 Å². The SMILES string of the molecule is O=C(CNC(=O)c1ccc(-c2cccc(C(F)(F)F)c2)cc1)NCCc1ccc(F)cc1. The minimum atomic E-state index is -4.44. The van der Waals surface area contributed by atoms with Gasteiger partial charge in [-0.15, -0.1) is 0 Å². The number of hydrogen-bond donors (Lipinski definition) is 2. The third-order valence-electron chi connectivity index (χ3n) is 4.73. The van der Waals surface area contributed by atoms with E-state index in [9.17, 15) is 27.2 Å². The summed E-state index contributed by atoms with van der Waals surface area (Å²) in [4.78, 5) is 24.1. The predicted molar refractivity (Wildman–Crippen MR) is 112 cm³/mol. The third kappa shape index (κ3) is 6.41. The maximum atomic E-state index is 12.9. The molecule has 0 radical (unpaired) electrons. The van der Waals surface area contributed by atoms with Crippen molar-refractivity contribution in [1.82, 2.24) is 10.6 Å². The van der Waals surface area contributed by atoms with Crippen LogP contribution in [-0.4, -0.2) is 24.9 Å². The van der Waals surface area contributed by atoms with Crippen LogP contribution in [0.1, 0.15) is 21.5 Å². The van der Waals surface area contributed by atoms with E-state index in [4.69, 9.17) is 0 Å². The first-order valence-electron chi connectivity index (χ1n) is 9.79. The molecule has 0 saturated heterocycles. The van der Waals surface area contributed by atoms with Gasteiger partial charge in [0.2, 0.25) is 5.91 Å². The average Bonchev–Trinajstić information content (AvgIpc) is 2.78. The highest BCUT2D eigenvalue weighted by Crippen LogP contribution is 2.32. The standard InChI is InChI=1S/C24H20F4N2O2/c25-21-10-4-16(5-11-21)12-13-29-22(31)15-30-23(32)18-8-6-17(7-9-18)19-2-1-3-20(14-19)24(26,27)28/h1-11,14H,12-13,15H2,(H,29,31)(H,30,32). The van der Waals surface area contributed by atoms with Crippen LogP contribution in [0, 0.1) is 5.82 Å². The zero-order valence-corrected chi connectivity index (χ0v) is 16.9. The van der Waals surface area contributed by atoms with Gasteiger partial charge in [0, 0.05) is 12.1 Å². The van der Waals surface area contributed by atoms with Crippen LogP contribution in [0.25, 0.3) is 11.1 Å². The first kappa shape index (κ1) is 23.0. The molecule has 0 saturated carbocycles. The van der Waals surface area contributed by atoms with Gasteiger partial charge in [-0.3, -0.25) is 9.59 Å². The molecule has 0 heterocycles. The molecule has 0 fully saturated rings. The van der Waals surface area contributed by atoms with Gasteiger partial charge in [0.1, 0.15) is 5.82 Å². The first-order chi connectivity index (χ1) is 15.2. The number of alkyl halides is 3. The van der Waals surface area contributed by atoms with Crippen LogP contribution in [0.15, 0.2) is 72.8 Å². The molecule has 0 aromatic heterocycles. The van der Waals surface area contributed by atoms with E-state index in [2.05, 4.69) is 10.6 Å². The van der Waals surface area contributed by atoms with Crippen molar-refractivity contribution in [3.8, 4) is 11.1 Å². The number of amides is 2. The molecule has 2 N–H and O–H groups in total. The molecule has 3 aromatic rings. The molecular formula is C24H20F4N2O2. The van der Waals surface area contributed by atoms with Crippen LogP contribution in [-0.2, 0) is 17.4 Å². The van der Waals surface area contributed by atoms with E-state index in [1.54, 1.807) is 30.3 Å². The second kappa shape index (κ2) is 10.1. The van der Waals surface area contributed by atoms with Crippen LogP contribution in [0.3, 0.4) is 0 Å². The quantitative estimate of drug-likeness (QED) is 0.524. The van der Waals surface area contributed by atoms with Gasteiger partial charge in [-0.25, -0.2) is 4.39 Å². The minimum absolute atomic E-state index is 0.225. The van der Waals surface area contributed by atoms with Crippen molar-refractivity contribution in [3.63, 3.8) is 0 Å². The molecule has 8 heteroatoms. The van der Waals surface area contributed by atoms with Gasteiger partial charge in [-0.2, -0.15) is 13.2 Å². The smallest absolute Gasteiger partial charge is 0.354 e. The van der Waals surface area contributed by atoms with Crippen molar-refractivity contribution in [3.05, 3.63) is 95.3 Å². The molecule has 0 bridgehead atoms. The summed E-state index contributed by atoms with van der Waals surface area (Å²) in [5.74, 6) is -1.18. The van der Waals surface area contributed by atoms with Gasteiger partial charge < -0.3 is 10.6 Å².